The number of carbonyl (C=O) groups is 1. The average Bonchev–Trinajstić information content (AvgIpc) is 3.07. The monoisotopic (exact) mass is 436 g/mol. The molecule has 1 aromatic carbocycles. The molecule has 2 aromatic heterocycles. The van der Waals surface area contributed by atoms with Crippen LogP contribution in [0.25, 0.3) is 0 Å². The van der Waals surface area contributed by atoms with Crippen LogP contribution in [0, 0.1) is 6.92 Å². The number of hydrogen-bond donors (Lipinski definition) is 1. The minimum Gasteiger partial charge on any atom is -0.487 e. The number of halogens is 2. The molecule has 25 heavy (non-hydrogen) atoms. The van der Waals surface area contributed by atoms with Gasteiger partial charge in [0.05, 0.1) is 9.90 Å². The Bertz CT molecular complexity index is 896. The van der Waals surface area contributed by atoms with E-state index in [4.69, 9.17) is 16.3 Å². The van der Waals surface area contributed by atoms with Gasteiger partial charge in [-0.25, -0.2) is 4.98 Å². The number of aromatic nitrogens is 1. The average molecular weight is 438 g/mol. The van der Waals surface area contributed by atoms with Gasteiger partial charge in [0.2, 0.25) is 0 Å². The first kappa shape index (κ1) is 17.9. The number of benzene rings is 1. The highest BCUT2D eigenvalue weighted by Crippen LogP contribution is 2.27. The second-order valence-corrected chi connectivity index (χ2v) is 7.59. The van der Waals surface area contributed by atoms with Gasteiger partial charge >= 0.3 is 0 Å². The lowest BCUT2D eigenvalue weighted by Gasteiger charge is -2.07. The summed E-state index contributed by atoms with van der Waals surface area (Å²) >= 11 is 10.8. The predicted octanol–water partition coefficient (Wildman–Crippen LogP) is 5.70. The van der Waals surface area contributed by atoms with Gasteiger partial charge in [0.25, 0.3) is 5.91 Å². The van der Waals surface area contributed by atoms with Gasteiger partial charge in [-0.1, -0.05) is 17.7 Å². The number of nitrogens with zero attached hydrogens (tertiary/aromatic N) is 1. The Morgan fingerprint density at radius 2 is 2.16 bits per heavy atom. The van der Waals surface area contributed by atoms with Crippen molar-refractivity contribution in [1.29, 1.82) is 0 Å². The standard InChI is InChI=1S/C18H14BrClN2O2S/c1-11-2-4-14(20)15(6-11)24-9-12-7-16(25-10-12)18(23)22-17-5-3-13(19)8-21-17/h2-8,10H,9H2,1H3,(H,21,22,23). The van der Waals surface area contributed by atoms with E-state index >= 15 is 0 Å². The van der Waals surface area contributed by atoms with Crippen LogP contribution >= 0.6 is 38.9 Å². The van der Waals surface area contributed by atoms with Gasteiger partial charge in [-0.15, -0.1) is 11.3 Å². The predicted molar refractivity (Wildman–Crippen MR) is 105 cm³/mol. The van der Waals surface area contributed by atoms with E-state index in [0.29, 0.717) is 28.1 Å². The fourth-order valence-corrected chi connectivity index (χ4v) is 3.28. The fraction of sp³-hybridized carbons (Fsp3) is 0.111. The lowest BCUT2D eigenvalue weighted by molar-refractivity contribution is 0.103. The first-order chi connectivity index (χ1) is 12.0. The van der Waals surface area contributed by atoms with Crippen LogP contribution < -0.4 is 10.1 Å². The zero-order valence-electron chi connectivity index (χ0n) is 13.3. The molecule has 1 amide bonds. The smallest absolute Gasteiger partial charge is 0.266 e. The molecule has 4 nitrogen and oxygen atoms in total. The Morgan fingerprint density at radius 1 is 1.32 bits per heavy atom. The second kappa shape index (κ2) is 7.99. The molecule has 0 aliphatic carbocycles. The summed E-state index contributed by atoms with van der Waals surface area (Å²) in [5, 5.41) is 5.23. The molecule has 1 N–H and O–H groups in total. The quantitative estimate of drug-likeness (QED) is 0.557. The number of ether oxygens (including phenoxy) is 1. The number of amides is 1. The van der Waals surface area contributed by atoms with Gasteiger partial charge in [-0.2, -0.15) is 0 Å². The molecular weight excluding hydrogens is 424 g/mol. The van der Waals surface area contributed by atoms with Crippen molar-refractivity contribution >= 4 is 50.6 Å². The summed E-state index contributed by atoms with van der Waals surface area (Å²) in [4.78, 5) is 17.0. The number of anilines is 1. The third-order valence-corrected chi connectivity index (χ3v) is 5.09. The van der Waals surface area contributed by atoms with Gasteiger partial charge in [0.1, 0.15) is 18.2 Å². The molecule has 128 valence electrons. The van der Waals surface area contributed by atoms with Gasteiger partial charge in [0, 0.05) is 16.2 Å². The maximum Gasteiger partial charge on any atom is 0.266 e. The summed E-state index contributed by atoms with van der Waals surface area (Å²) in [5.41, 5.74) is 1.99. The van der Waals surface area contributed by atoms with E-state index in [9.17, 15) is 4.79 Å². The molecule has 0 aliphatic rings. The van der Waals surface area contributed by atoms with Crippen molar-refractivity contribution in [1.82, 2.24) is 4.98 Å². The van der Waals surface area contributed by atoms with E-state index in [1.54, 1.807) is 12.3 Å². The highest BCUT2D eigenvalue weighted by atomic mass is 79.9. The van der Waals surface area contributed by atoms with Crippen LogP contribution in [0.2, 0.25) is 5.02 Å². The molecule has 0 unspecified atom stereocenters. The maximum atomic E-state index is 12.3. The summed E-state index contributed by atoms with van der Waals surface area (Å²) in [6.07, 6.45) is 1.63. The zero-order valence-corrected chi connectivity index (χ0v) is 16.4. The summed E-state index contributed by atoms with van der Waals surface area (Å²) in [7, 11) is 0. The third kappa shape index (κ3) is 4.81. The first-order valence-corrected chi connectivity index (χ1v) is 9.45. The van der Waals surface area contributed by atoms with Crippen molar-refractivity contribution in [3.05, 3.63) is 73.5 Å². The number of thiophene rings is 1. The molecule has 7 heteroatoms. The second-order valence-electron chi connectivity index (χ2n) is 5.36. The molecule has 3 rings (SSSR count). The van der Waals surface area contributed by atoms with Crippen LogP contribution in [0.1, 0.15) is 20.8 Å². The summed E-state index contributed by atoms with van der Waals surface area (Å²) in [6.45, 7) is 2.33. The Balaban J connectivity index is 1.62. The van der Waals surface area contributed by atoms with Crippen LogP contribution in [0.4, 0.5) is 5.82 Å². The molecule has 0 radical (unpaired) electrons. The molecule has 0 saturated carbocycles. The minimum atomic E-state index is -0.195. The molecule has 2 heterocycles. The molecule has 0 atom stereocenters. The fourth-order valence-electron chi connectivity index (χ4n) is 2.08. The van der Waals surface area contributed by atoms with Gasteiger partial charge < -0.3 is 10.1 Å². The van der Waals surface area contributed by atoms with Crippen molar-refractivity contribution in [3.8, 4) is 5.75 Å². The highest BCUT2D eigenvalue weighted by Gasteiger charge is 2.11. The van der Waals surface area contributed by atoms with Crippen molar-refractivity contribution in [2.24, 2.45) is 0 Å². The first-order valence-electron chi connectivity index (χ1n) is 7.40. The van der Waals surface area contributed by atoms with Crippen molar-refractivity contribution < 1.29 is 9.53 Å². The number of hydrogen-bond acceptors (Lipinski definition) is 4. The van der Waals surface area contributed by atoms with Crippen LogP contribution in [0.5, 0.6) is 5.75 Å². The SMILES string of the molecule is Cc1ccc(Cl)c(OCc2csc(C(=O)Nc3ccc(Br)cn3)c2)c1. The van der Waals surface area contributed by atoms with E-state index in [0.717, 1.165) is 15.6 Å². The van der Waals surface area contributed by atoms with Crippen LogP contribution in [-0.4, -0.2) is 10.9 Å². The van der Waals surface area contributed by atoms with E-state index in [2.05, 4.69) is 26.2 Å². The number of pyridine rings is 1. The maximum absolute atomic E-state index is 12.3. The van der Waals surface area contributed by atoms with Crippen LogP contribution in [0.3, 0.4) is 0 Å². The molecule has 3 aromatic rings. The largest absolute Gasteiger partial charge is 0.487 e. The van der Waals surface area contributed by atoms with Crippen molar-refractivity contribution in [2.45, 2.75) is 13.5 Å². The third-order valence-electron chi connectivity index (χ3n) is 3.33. The molecule has 0 spiro atoms. The molecule has 0 saturated heterocycles. The molecule has 0 aliphatic heterocycles. The number of nitrogens with one attached hydrogen (secondary N) is 1. The van der Waals surface area contributed by atoms with Crippen LogP contribution in [0.15, 0.2) is 52.4 Å². The van der Waals surface area contributed by atoms with Gasteiger partial charge in [0.15, 0.2) is 0 Å². The summed E-state index contributed by atoms with van der Waals surface area (Å²) in [5.74, 6) is 0.948. The number of aryl methyl sites for hydroxylation is 1. The summed E-state index contributed by atoms with van der Waals surface area (Å²) < 4.78 is 6.61. The lowest BCUT2D eigenvalue weighted by Crippen LogP contribution is -2.11. The van der Waals surface area contributed by atoms with E-state index in [1.165, 1.54) is 11.3 Å². The topological polar surface area (TPSA) is 51.2 Å². The normalized spacial score (nSPS) is 10.5. The number of rotatable bonds is 5. The Morgan fingerprint density at radius 3 is 2.92 bits per heavy atom. The Hall–Kier alpha value is -1.89. The summed E-state index contributed by atoms with van der Waals surface area (Å²) in [6, 6.07) is 11.0. The Kier molecular flexibility index (Phi) is 5.73. The molecular formula is C18H14BrClN2O2S. The molecule has 0 fully saturated rings. The van der Waals surface area contributed by atoms with E-state index in [-0.39, 0.29) is 5.91 Å². The lowest BCUT2D eigenvalue weighted by atomic mass is 10.2. The highest BCUT2D eigenvalue weighted by molar-refractivity contribution is 9.10. The van der Waals surface area contributed by atoms with Gasteiger partial charge in [-0.3, -0.25) is 4.79 Å². The van der Waals surface area contributed by atoms with E-state index < -0.39 is 0 Å². The van der Waals surface area contributed by atoms with Gasteiger partial charge in [-0.05, 0) is 64.1 Å². The van der Waals surface area contributed by atoms with E-state index in [1.807, 2.05) is 42.6 Å². The van der Waals surface area contributed by atoms with Crippen molar-refractivity contribution in [2.75, 3.05) is 5.32 Å². The Labute approximate surface area is 162 Å². The zero-order chi connectivity index (χ0) is 17.8. The van der Waals surface area contributed by atoms with Crippen LogP contribution in [-0.2, 0) is 6.61 Å². The molecule has 0 bridgehead atoms. The minimum absolute atomic E-state index is 0.195. The van der Waals surface area contributed by atoms with Crippen molar-refractivity contribution in [3.63, 3.8) is 0 Å². The number of carbonyl (C=O) groups excluding carboxylic acids is 1.